The van der Waals surface area contributed by atoms with Crippen LogP contribution in [0.15, 0.2) is 24.3 Å². The van der Waals surface area contributed by atoms with Gasteiger partial charge in [0.15, 0.2) is 6.61 Å². The van der Waals surface area contributed by atoms with E-state index in [2.05, 4.69) is 5.32 Å². The van der Waals surface area contributed by atoms with Crippen LogP contribution < -0.4 is 10.1 Å². The van der Waals surface area contributed by atoms with Gasteiger partial charge in [0.1, 0.15) is 5.75 Å². The smallest absolute Gasteiger partial charge is 0.306 e. The number of carboxylic acids is 1. The highest BCUT2D eigenvalue weighted by molar-refractivity contribution is 5.78. The van der Waals surface area contributed by atoms with Crippen LogP contribution in [0.25, 0.3) is 0 Å². The summed E-state index contributed by atoms with van der Waals surface area (Å²) in [6.45, 7) is 1.94. The number of hydrogen-bond donors (Lipinski definition) is 2. The Balaban J connectivity index is 1.73. The van der Waals surface area contributed by atoms with Crippen molar-refractivity contribution in [3.05, 3.63) is 29.8 Å². The van der Waals surface area contributed by atoms with Gasteiger partial charge in [0.25, 0.3) is 5.91 Å². The van der Waals surface area contributed by atoms with Gasteiger partial charge in [-0.05, 0) is 38.3 Å². The summed E-state index contributed by atoms with van der Waals surface area (Å²) < 4.78 is 5.38. The Morgan fingerprint density at radius 1 is 1.30 bits per heavy atom. The van der Waals surface area contributed by atoms with E-state index in [9.17, 15) is 9.59 Å². The van der Waals surface area contributed by atoms with E-state index in [0.717, 1.165) is 5.56 Å². The van der Waals surface area contributed by atoms with E-state index < -0.39 is 5.97 Å². The molecule has 0 unspecified atom stereocenters. The highest BCUT2D eigenvalue weighted by Crippen LogP contribution is 2.25. The summed E-state index contributed by atoms with van der Waals surface area (Å²) in [7, 11) is 0. The molecule has 5 heteroatoms. The summed E-state index contributed by atoms with van der Waals surface area (Å²) >= 11 is 0. The number of benzene rings is 1. The molecule has 5 nitrogen and oxygen atoms in total. The predicted molar refractivity (Wildman–Crippen MR) is 73.6 cm³/mol. The summed E-state index contributed by atoms with van der Waals surface area (Å²) in [4.78, 5) is 22.6. The molecule has 2 N–H and O–H groups in total. The molecule has 0 saturated heterocycles. The van der Waals surface area contributed by atoms with Crippen molar-refractivity contribution in [3.8, 4) is 5.75 Å². The van der Waals surface area contributed by atoms with Crippen molar-refractivity contribution in [2.45, 2.75) is 32.2 Å². The molecule has 1 saturated carbocycles. The topological polar surface area (TPSA) is 75.6 Å². The summed E-state index contributed by atoms with van der Waals surface area (Å²) in [5.41, 5.74) is 1.13. The third-order valence-electron chi connectivity index (χ3n) is 3.54. The van der Waals surface area contributed by atoms with Crippen LogP contribution in [0.5, 0.6) is 5.75 Å². The first-order valence-corrected chi connectivity index (χ1v) is 6.76. The average molecular weight is 277 g/mol. The molecular weight excluding hydrogens is 258 g/mol. The van der Waals surface area contributed by atoms with Crippen LogP contribution in [0.2, 0.25) is 0 Å². The van der Waals surface area contributed by atoms with Crippen LogP contribution in [0.3, 0.4) is 0 Å². The van der Waals surface area contributed by atoms with E-state index in [1.807, 2.05) is 31.2 Å². The first kappa shape index (κ1) is 14.4. The normalized spacial score (nSPS) is 21.4. The van der Waals surface area contributed by atoms with Crippen molar-refractivity contribution in [3.63, 3.8) is 0 Å². The van der Waals surface area contributed by atoms with Gasteiger partial charge < -0.3 is 15.2 Å². The molecule has 0 heterocycles. The second-order valence-electron chi connectivity index (χ2n) is 5.21. The number of aliphatic carboxylic acids is 1. The molecule has 1 aromatic carbocycles. The number of carbonyl (C=O) groups excluding carboxylic acids is 1. The first-order chi connectivity index (χ1) is 9.54. The number of ether oxygens (including phenoxy) is 1. The lowest BCUT2D eigenvalue weighted by Gasteiger charge is -2.13. The number of rotatable bonds is 5. The number of aryl methyl sites for hydroxylation is 1. The Morgan fingerprint density at radius 2 is 2.00 bits per heavy atom. The van der Waals surface area contributed by atoms with Gasteiger partial charge in [0.2, 0.25) is 0 Å². The Hall–Kier alpha value is -2.04. The molecule has 1 aliphatic carbocycles. The standard InChI is InChI=1S/C15H19NO4/c1-10-2-6-13(7-3-10)20-9-14(17)16-12-5-4-11(8-12)15(18)19/h2-3,6-7,11-12H,4-5,8-9H2,1H3,(H,16,17)(H,18,19)/t11-,12+/m0/s1. The van der Waals surface area contributed by atoms with Crippen LogP contribution in [-0.2, 0) is 9.59 Å². The zero-order valence-corrected chi connectivity index (χ0v) is 11.5. The fourth-order valence-electron chi connectivity index (χ4n) is 2.39. The van der Waals surface area contributed by atoms with Crippen molar-refractivity contribution in [1.29, 1.82) is 0 Å². The summed E-state index contributed by atoms with van der Waals surface area (Å²) in [6.07, 6.45) is 1.85. The van der Waals surface area contributed by atoms with Crippen LogP contribution in [0.4, 0.5) is 0 Å². The highest BCUT2D eigenvalue weighted by atomic mass is 16.5. The molecular formula is C15H19NO4. The van der Waals surface area contributed by atoms with Crippen LogP contribution >= 0.6 is 0 Å². The van der Waals surface area contributed by atoms with Gasteiger partial charge >= 0.3 is 5.97 Å². The molecule has 1 aliphatic rings. The number of carbonyl (C=O) groups is 2. The minimum Gasteiger partial charge on any atom is -0.484 e. The van der Waals surface area contributed by atoms with E-state index in [1.54, 1.807) is 0 Å². The van der Waals surface area contributed by atoms with E-state index in [4.69, 9.17) is 9.84 Å². The van der Waals surface area contributed by atoms with Gasteiger partial charge in [0.05, 0.1) is 5.92 Å². The third kappa shape index (κ3) is 3.98. The number of carboxylic acid groups (broad SMARTS) is 1. The Labute approximate surface area is 117 Å². The maximum absolute atomic E-state index is 11.7. The molecule has 2 rings (SSSR count). The van der Waals surface area contributed by atoms with Gasteiger partial charge in [0, 0.05) is 6.04 Å². The maximum Gasteiger partial charge on any atom is 0.306 e. The largest absolute Gasteiger partial charge is 0.484 e. The zero-order valence-electron chi connectivity index (χ0n) is 11.5. The maximum atomic E-state index is 11.7. The Bertz CT molecular complexity index is 483. The molecule has 0 aliphatic heterocycles. The predicted octanol–water partition coefficient (Wildman–Crippen LogP) is 1.74. The zero-order chi connectivity index (χ0) is 14.5. The molecule has 0 spiro atoms. The van der Waals surface area contributed by atoms with Gasteiger partial charge in [-0.15, -0.1) is 0 Å². The second kappa shape index (κ2) is 6.41. The molecule has 108 valence electrons. The first-order valence-electron chi connectivity index (χ1n) is 6.76. The van der Waals surface area contributed by atoms with E-state index in [-0.39, 0.29) is 24.5 Å². The molecule has 1 fully saturated rings. The van der Waals surface area contributed by atoms with Gasteiger partial charge in [-0.25, -0.2) is 0 Å². The minimum absolute atomic E-state index is 0.0443. The Kier molecular flexibility index (Phi) is 4.61. The van der Waals surface area contributed by atoms with E-state index in [0.29, 0.717) is 25.0 Å². The SMILES string of the molecule is Cc1ccc(OCC(=O)N[C@@H]2CC[C@H](C(=O)O)C2)cc1. The quantitative estimate of drug-likeness (QED) is 0.859. The minimum atomic E-state index is -0.780. The van der Waals surface area contributed by atoms with Crippen molar-refractivity contribution < 1.29 is 19.4 Å². The molecule has 20 heavy (non-hydrogen) atoms. The molecule has 1 amide bonds. The summed E-state index contributed by atoms with van der Waals surface area (Å²) in [5.74, 6) is -0.668. The van der Waals surface area contributed by atoms with Crippen molar-refractivity contribution >= 4 is 11.9 Å². The summed E-state index contributed by atoms with van der Waals surface area (Å²) in [5, 5.41) is 11.7. The molecule has 2 atom stereocenters. The monoisotopic (exact) mass is 277 g/mol. The van der Waals surface area contributed by atoms with Crippen molar-refractivity contribution in [2.24, 2.45) is 5.92 Å². The van der Waals surface area contributed by atoms with Gasteiger partial charge in [-0.1, -0.05) is 17.7 Å². The van der Waals surface area contributed by atoms with E-state index in [1.165, 1.54) is 0 Å². The fraction of sp³-hybridized carbons (Fsp3) is 0.467. The molecule has 0 radical (unpaired) electrons. The van der Waals surface area contributed by atoms with Crippen molar-refractivity contribution in [2.75, 3.05) is 6.61 Å². The summed E-state index contributed by atoms with van der Waals surface area (Å²) in [6, 6.07) is 7.42. The highest BCUT2D eigenvalue weighted by Gasteiger charge is 2.30. The van der Waals surface area contributed by atoms with Gasteiger partial charge in [-0.2, -0.15) is 0 Å². The number of nitrogens with one attached hydrogen (secondary N) is 1. The molecule has 0 bridgehead atoms. The second-order valence-corrected chi connectivity index (χ2v) is 5.21. The van der Waals surface area contributed by atoms with Crippen LogP contribution in [-0.4, -0.2) is 29.6 Å². The van der Waals surface area contributed by atoms with Crippen LogP contribution in [0.1, 0.15) is 24.8 Å². The lowest BCUT2D eigenvalue weighted by Crippen LogP contribution is -2.36. The Morgan fingerprint density at radius 3 is 2.60 bits per heavy atom. The van der Waals surface area contributed by atoms with Gasteiger partial charge in [-0.3, -0.25) is 9.59 Å². The van der Waals surface area contributed by atoms with E-state index >= 15 is 0 Å². The lowest BCUT2D eigenvalue weighted by molar-refractivity contribution is -0.141. The van der Waals surface area contributed by atoms with Crippen molar-refractivity contribution in [1.82, 2.24) is 5.32 Å². The number of amides is 1. The molecule has 1 aromatic rings. The lowest BCUT2D eigenvalue weighted by atomic mass is 10.1. The fourth-order valence-corrected chi connectivity index (χ4v) is 2.39. The number of hydrogen-bond acceptors (Lipinski definition) is 3. The van der Waals surface area contributed by atoms with Crippen LogP contribution in [0, 0.1) is 12.8 Å². The third-order valence-corrected chi connectivity index (χ3v) is 3.54. The molecule has 0 aromatic heterocycles. The average Bonchev–Trinajstić information content (AvgIpc) is 2.87.